The molecule has 0 radical (unpaired) electrons. The van der Waals surface area contributed by atoms with Crippen molar-refractivity contribution in [2.24, 2.45) is 0 Å². The number of benzene rings is 1. The molecule has 0 aliphatic heterocycles. The van der Waals surface area contributed by atoms with Crippen molar-refractivity contribution >= 4 is 23.6 Å². The molecule has 134 valence electrons. The van der Waals surface area contributed by atoms with Crippen molar-refractivity contribution in [3.05, 3.63) is 34.6 Å². The standard InChI is InChI=1S/C16H22ClFN2O4/c1-16(2,3)20-15(22)24-12(9-23-4)14(21)19-8-10-6-5-7-11(17)13(10)18/h5-7,12H,8-9H2,1-4H3,(H,19,21)(H,20,22)/t12-/m1/s1. The van der Waals surface area contributed by atoms with Crippen molar-refractivity contribution in [1.29, 1.82) is 0 Å². The first kappa shape index (κ1) is 20.2. The Bertz CT molecular complexity index is 590. The normalized spacial score (nSPS) is 12.4. The van der Waals surface area contributed by atoms with E-state index in [4.69, 9.17) is 21.1 Å². The van der Waals surface area contributed by atoms with Crippen LogP contribution in [0.25, 0.3) is 0 Å². The van der Waals surface area contributed by atoms with Gasteiger partial charge in [0.2, 0.25) is 6.10 Å². The molecule has 1 aromatic rings. The third-order valence-corrected chi connectivity index (χ3v) is 3.11. The van der Waals surface area contributed by atoms with E-state index in [0.29, 0.717) is 0 Å². The summed E-state index contributed by atoms with van der Waals surface area (Å²) < 4.78 is 23.7. The van der Waals surface area contributed by atoms with Gasteiger partial charge in [-0.25, -0.2) is 9.18 Å². The minimum Gasteiger partial charge on any atom is -0.434 e. The smallest absolute Gasteiger partial charge is 0.408 e. The van der Waals surface area contributed by atoms with E-state index < -0.39 is 29.5 Å². The van der Waals surface area contributed by atoms with Crippen LogP contribution < -0.4 is 10.6 Å². The van der Waals surface area contributed by atoms with Gasteiger partial charge in [0.25, 0.3) is 5.91 Å². The van der Waals surface area contributed by atoms with Crippen LogP contribution in [0.15, 0.2) is 18.2 Å². The van der Waals surface area contributed by atoms with Crippen LogP contribution in [0.1, 0.15) is 26.3 Å². The second-order valence-electron chi connectivity index (χ2n) is 6.16. The van der Waals surface area contributed by atoms with Crippen LogP contribution in [0.2, 0.25) is 5.02 Å². The molecule has 0 fully saturated rings. The van der Waals surface area contributed by atoms with Crippen LogP contribution in [0.4, 0.5) is 9.18 Å². The molecule has 0 aliphatic rings. The minimum atomic E-state index is -1.15. The van der Waals surface area contributed by atoms with E-state index >= 15 is 0 Å². The highest BCUT2D eigenvalue weighted by Crippen LogP contribution is 2.17. The zero-order chi connectivity index (χ0) is 18.3. The Balaban J connectivity index is 2.66. The van der Waals surface area contributed by atoms with Crippen molar-refractivity contribution in [3.63, 3.8) is 0 Å². The lowest BCUT2D eigenvalue weighted by Crippen LogP contribution is -2.46. The van der Waals surface area contributed by atoms with E-state index in [0.717, 1.165) is 0 Å². The molecule has 0 saturated carbocycles. The number of ether oxygens (including phenoxy) is 2. The van der Waals surface area contributed by atoms with E-state index in [1.165, 1.54) is 19.2 Å². The van der Waals surface area contributed by atoms with Crippen LogP contribution in [0, 0.1) is 5.82 Å². The predicted molar refractivity (Wildman–Crippen MR) is 88.3 cm³/mol. The molecule has 6 nitrogen and oxygen atoms in total. The van der Waals surface area contributed by atoms with Crippen molar-refractivity contribution in [1.82, 2.24) is 10.6 Å². The molecule has 24 heavy (non-hydrogen) atoms. The quantitative estimate of drug-likeness (QED) is 0.817. The van der Waals surface area contributed by atoms with E-state index in [1.807, 2.05) is 0 Å². The van der Waals surface area contributed by atoms with Crippen molar-refractivity contribution in [2.45, 2.75) is 39.0 Å². The number of nitrogens with one attached hydrogen (secondary N) is 2. The topological polar surface area (TPSA) is 76.7 Å². The molecule has 1 aromatic carbocycles. The van der Waals surface area contributed by atoms with Crippen molar-refractivity contribution in [2.75, 3.05) is 13.7 Å². The fourth-order valence-corrected chi connectivity index (χ4v) is 1.95. The Hall–Kier alpha value is -1.86. The maximum Gasteiger partial charge on any atom is 0.408 e. The number of carbonyl (C=O) groups excluding carboxylic acids is 2. The van der Waals surface area contributed by atoms with Gasteiger partial charge in [-0.15, -0.1) is 0 Å². The van der Waals surface area contributed by atoms with E-state index in [-0.39, 0.29) is 23.7 Å². The fourth-order valence-electron chi connectivity index (χ4n) is 1.76. The highest BCUT2D eigenvalue weighted by Gasteiger charge is 2.25. The molecule has 2 amide bonds. The summed E-state index contributed by atoms with van der Waals surface area (Å²) >= 11 is 5.69. The average Bonchev–Trinajstić information content (AvgIpc) is 2.46. The lowest BCUT2D eigenvalue weighted by molar-refractivity contribution is -0.132. The Kier molecular flexibility index (Phi) is 7.44. The zero-order valence-electron chi connectivity index (χ0n) is 14.1. The Morgan fingerprint density at radius 1 is 1.33 bits per heavy atom. The van der Waals surface area contributed by atoms with Crippen LogP contribution in [0.3, 0.4) is 0 Å². The van der Waals surface area contributed by atoms with E-state index in [1.54, 1.807) is 26.8 Å². The molecular weight excluding hydrogens is 339 g/mol. The first-order valence-electron chi connectivity index (χ1n) is 7.32. The maximum absolute atomic E-state index is 13.8. The first-order chi connectivity index (χ1) is 11.1. The molecule has 0 aromatic heterocycles. The molecule has 1 rings (SSSR count). The van der Waals surface area contributed by atoms with Gasteiger partial charge >= 0.3 is 6.09 Å². The van der Waals surface area contributed by atoms with Gasteiger partial charge in [-0.05, 0) is 26.8 Å². The third-order valence-electron chi connectivity index (χ3n) is 2.82. The van der Waals surface area contributed by atoms with Gasteiger partial charge in [-0.3, -0.25) is 4.79 Å². The second kappa shape index (κ2) is 8.84. The largest absolute Gasteiger partial charge is 0.434 e. The lowest BCUT2D eigenvalue weighted by atomic mass is 10.1. The van der Waals surface area contributed by atoms with Crippen LogP contribution in [-0.2, 0) is 20.8 Å². The summed E-state index contributed by atoms with van der Waals surface area (Å²) in [6, 6.07) is 4.49. The maximum atomic E-state index is 13.8. The number of carbonyl (C=O) groups is 2. The van der Waals surface area contributed by atoms with Gasteiger partial charge in [0.1, 0.15) is 5.82 Å². The van der Waals surface area contributed by atoms with Gasteiger partial charge in [-0.2, -0.15) is 0 Å². The molecule has 0 bridgehead atoms. The molecule has 0 spiro atoms. The molecule has 0 unspecified atom stereocenters. The first-order valence-corrected chi connectivity index (χ1v) is 7.70. The van der Waals surface area contributed by atoms with E-state index in [2.05, 4.69) is 10.6 Å². The number of rotatable bonds is 6. The number of halogens is 2. The zero-order valence-corrected chi connectivity index (χ0v) is 14.9. The van der Waals surface area contributed by atoms with Crippen molar-refractivity contribution < 1.29 is 23.5 Å². The fraction of sp³-hybridized carbons (Fsp3) is 0.500. The SMILES string of the molecule is COC[C@@H](OC(=O)NC(C)(C)C)C(=O)NCc1cccc(Cl)c1F. The molecule has 2 N–H and O–H groups in total. The summed E-state index contributed by atoms with van der Waals surface area (Å²) in [5.74, 6) is -1.20. The monoisotopic (exact) mass is 360 g/mol. The molecular formula is C16H22ClFN2O4. The summed E-state index contributed by atoms with van der Waals surface area (Å²) in [4.78, 5) is 23.9. The number of hydrogen-bond acceptors (Lipinski definition) is 4. The van der Waals surface area contributed by atoms with Crippen molar-refractivity contribution in [3.8, 4) is 0 Å². The number of alkyl carbamates (subject to hydrolysis) is 1. The summed E-state index contributed by atoms with van der Waals surface area (Å²) in [6.07, 6.45) is -1.90. The highest BCUT2D eigenvalue weighted by atomic mass is 35.5. The lowest BCUT2D eigenvalue weighted by Gasteiger charge is -2.23. The predicted octanol–water partition coefficient (Wildman–Crippen LogP) is 2.64. The minimum absolute atomic E-state index is 0.0315. The Morgan fingerprint density at radius 3 is 2.58 bits per heavy atom. The third kappa shape index (κ3) is 6.72. The van der Waals surface area contributed by atoms with Crippen LogP contribution in [0.5, 0.6) is 0 Å². The summed E-state index contributed by atoms with van der Waals surface area (Å²) in [6.45, 7) is 5.13. The summed E-state index contributed by atoms with van der Waals surface area (Å²) in [5.41, 5.74) is -0.277. The van der Waals surface area contributed by atoms with Gasteiger partial charge in [0.05, 0.1) is 11.6 Å². The van der Waals surface area contributed by atoms with Gasteiger partial charge < -0.3 is 20.1 Å². The average molecular weight is 361 g/mol. The molecule has 8 heteroatoms. The van der Waals surface area contributed by atoms with Crippen LogP contribution in [-0.4, -0.2) is 37.4 Å². The summed E-state index contributed by atoms with van der Waals surface area (Å²) in [5, 5.41) is 5.05. The molecule has 1 atom stereocenters. The summed E-state index contributed by atoms with van der Waals surface area (Å²) in [7, 11) is 1.38. The Morgan fingerprint density at radius 2 is 2.00 bits per heavy atom. The number of hydrogen-bond donors (Lipinski definition) is 2. The van der Waals surface area contributed by atoms with E-state index in [9.17, 15) is 14.0 Å². The molecule has 0 aliphatic carbocycles. The van der Waals surface area contributed by atoms with Gasteiger partial charge in [0, 0.05) is 24.8 Å². The molecule has 0 heterocycles. The van der Waals surface area contributed by atoms with Crippen LogP contribution >= 0.6 is 11.6 Å². The number of amides is 2. The molecule has 0 saturated heterocycles. The van der Waals surface area contributed by atoms with Gasteiger partial charge in [0.15, 0.2) is 0 Å². The Labute approximate surface area is 145 Å². The second-order valence-corrected chi connectivity index (χ2v) is 6.56. The highest BCUT2D eigenvalue weighted by molar-refractivity contribution is 6.30. The number of methoxy groups -OCH3 is 1. The van der Waals surface area contributed by atoms with Gasteiger partial charge in [-0.1, -0.05) is 23.7 Å².